The Morgan fingerprint density at radius 3 is 2.26 bits per heavy atom. The van der Waals surface area contributed by atoms with E-state index in [-0.39, 0.29) is 11.4 Å². The van der Waals surface area contributed by atoms with Crippen molar-refractivity contribution in [2.24, 2.45) is 4.99 Å². The van der Waals surface area contributed by atoms with Gasteiger partial charge in [-0.15, -0.1) is 0 Å². The quantitative estimate of drug-likeness (QED) is 0.273. The molecule has 0 amide bonds. The molecule has 7 heteroatoms. The molecule has 150 valence electrons. The molecule has 5 aromatic rings. The molecule has 4 heterocycles. The van der Waals surface area contributed by atoms with Crippen molar-refractivity contribution in [1.29, 1.82) is 5.26 Å². The number of nitriles is 1. The summed E-state index contributed by atoms with van der Waals surface area (Å²) in [5.41, 5.74) is 1.61. The molecule has 0 radical (unpaired) electrons. The van der Waals surface area contributed by atoms with Crippen LogP contribution in [0.5, 0.6) is 0 Å². The first-order valence-corrected chi connectivity index (χ1v) is 9.65. The zero-order valence-electron chi connectivity index (χ0n) is 15.9. The van der Waals surface area contributed by atoms with E-state index in [9.17, 15) is 5.26 Å². The third-order valence-corrected chi connectivity index (χ3v) is 4.83. The third-order valence-electron chi connectivity index (χ3n) is 4.58. The van der Waals surface area contributed by atoms with Gasteiger partial charge in [-0.25, -0.2) is 4.99 Å². The smallest absolute Gasteiger partial charge is 0.238 e. The van der Waals surface area contributed by atoms with Crippen LogP contribution < -0.4 is 0 Å². The largest absolute Gasteiger partial charge is 0.464 e. The van der Waals surface area contributed by atoms with Gasteiger partial charge in [-0.1, -0.05) is 11.6 Å². The molecule has 0 bridgehead atoms. The van der Waals surface area contributed by atoms with Crippen molar-refractivity contribution in [3.05, 3.63) is 89.5 Å². The lowest BCUT2D eigenvalue weighted by Gasteiger charge is -1.96. The SMILES string of the molecule is N#Cc1c(N=Cc2ccc(-c3ccc(Cl)cc3)o2)oc(-c2ccco2)c1-c1ccco1. The molecule has 0 aliphatic heterocycles. The van der Waals surface area contributed by atoms with Gasteiger partial charge in [0.25, 0.3) is 0 Å². The van der Waals surface area contributed by atoms with Gasteiger partial charge < -0.3 is 17.7 Å². The summed E-state index contributed by atoms with van der Waals surface area (Å²) in [6.45, 7) is 0. The highest BCUT2D eigenvalue weighted by molar-refractivity contribution is 6.30. The Morgan fingerprint density at radius 1 is 0.839 bits per heavy atom. The normalized spacial score (nSPS) is 11.2. The van der Waals surface area contributed by atoms with Crippen LogP contribution in [0.25, 0.3) is 34.2 Å². The van der Waals surface area contributed by atoms with E-state index in [1.807, 2.05) is 18.2 Å². The van der Waals surface area contributed by atoms with E-state index in [0.717, 1.165) is 5.56 Å². The summed E-state index contributed by atoms with van der Waals surface area (Å²) in [5.74, 6) is 2.62. The first-order valence-electron chi connectivity index (χ1n) is 9.27. The van der Waals surface area contributed by atoms with E-state index in [1.165, 1.54) is 18.7 Å². The average molecular weight is 429 g/mol. The Balaban J connectivity index is 1.53. The molecule has 0 saturated carbocycles. The second kappa shape index (κ2) is 7.90. The van der Waals surface area contributed by atoms with Crippen LogP contribution in [-0.2, 0) is 0 Å². The molecular formula is C24H13ClN2O4. The van der Waals surface area contributed by atoms with E-state index >= 15 is 0 Å². The van der Waals surface area contributed by atoms with Crippen molar-refractivity contribution in [2.45, 2.75) is 0 Å². The Bertz CT molecular complexity index is 1380. The first-order chi connectivity index (χ1) is 15.2. The van der Waals surface area contributed by atoms with Crippen LogP contribution in [0.4, 0.5) is 5.88 Å². The molecule has 0 atom stereocenters. The maximum Gasteiger partial charge on any atom is 0.238 e. The zero-order chi connectivity index (χ0) is 21.2. The van der Waals surface area contributed by atoms with E-state index in [2.05, 4.69) is 11.1 Å². The predicted octanol–water partition coefficient (Wildman–Crippen LogP) is 7.34. The van der Waals surface area contributed by atoms with Crippen molar-refractivity contribution in [3.63, 3.8) is 0 Å². The minimum absolute atomic E-state index is 0.129. The van der Waals surface area contributed by atoms with Gasteiger partial charge in [-0.2, -0.15) is 5.26 Å². The fourth-order valence-electron chi connectivity index (χ4n) is 3.16. The minimum atomic E-state index is 0.129. The number of hydrogen-bond donors (Lipinski definition) is 0. The van der Waals surface area contributed by atoms with Crippen molar-refractivity contribution >= 4 is 23.7 Å². The van der Waals surface area contributed by atoms with E-state index < -0.39 is 0 Å². The molecule has 0 spiro atoms. The predicted molar refractivity (Wildman–Crippen MR) is 115 cm³/mol. The van der Waals surface area contributed by atoms with Crippen LogP contribution in [0.3, 0.4) is 0 Å². The number of nitrogens with zero attached hydrogens (tertiary/aromatic N) is 2. The molecule has 4 aromatic heterocycles. The summed E-state index contributed by atoms with van der Waals surface area (Å²) in [4.78, 5) is 4.36. The molecule has 6 nitrogen and oxygen atoms in total. The van der Waals surface area contributed by atoms with Gasteiger partial charge in [-0.3, -0.25) is 0 Å². The minimum Gasteiger partial charge on any atom is -0.464 e. The van der Waals surface area contributed by atoms with Gasteiger partial charge in [0.15, 0.2) is 11.5 Å². The summed E-state index contributed by atoms with van der Waals surface area (Å²) in [7, 11) is 0. The topological polar surface area (TPSA) is 88.7 Å². The highest BCUT2D eigenvalue weighted by atomic mass is 35.5. The standard InChI is InChI=1S/C24H13ClN2O4/c25-16-7-5-15(6-8-16)19-10-9-17(30-19)14-27-24-18(13-26)22(20-3-1-11-28-20)23(31-24)21-4-2-12-29-21/h1-12,14H. The Morgan fingerprint density at radius 2 is 1.58 bits per heavy atom. The Hall–Kier alpha value is -4.21. The van der Waals surface area contributed by atoms with Crippen molar-refractivity contribution in [2.75, 3.05) is 0 Å². The lowest BCUT2D eigenvalue weighted by Crippen LogP contribution is -1.80. The molecule has 0 aliphatic rings. The van der Waals surface area contributed by atoms with E-state index in [4.69, 9.17) is 29.3 Å². The molecule has 0 saturated heterocycles. The fraction of sp³-hybridized carbons (Fsp3) is 0. The van der Waals surface area contributed by atoms with Gasteiger partial charge in [0.1, 0.15) is 28.9 Å². The summed E-state index contributed by atoms with van der Waals surface area (Å²) < 4.78 is 22.7. The molecule has 0 fully saturated rings. The highest BCUT2D eigenvalue weighted by Gasteiger charge is 2.26. The maximum absolute atomic E-state index is 9.79. The van der Waals surface area contributed by atoms with Gasteiger partial charge in [-0.05, 0) is 60.7 Å². The van der Waals surface area contributed by atoms with Crippen LogP contribution in [0.2, 0.25) is 5.02 Å². The number of rotatable bonds is 5. The van der Waals surface area contributed by atoms with Crippen molar-refractivity contribution in [3.8, 4) is 40.2 Å². The van der Waals surface area contributed by atoms with Gasteiger partial charge in [0.05, 0.1) is 24.3 Å². The third kappa shape index (κ3) is 3.59. The lowest BCUT2D eigenvalue weighted by molar-refractivity contribution is 0.527. The van der Waals surface area contributed by atoms with Gasteiger partial charge >= 0.3 is 0 Å². The van der Waals surface area contributed by atoms with Gasteiger partial charge in [0.2, 0.25) is 5.88 Å². The van der Waals surface area contributed by atoms with Crippen LogP contribution in [-0.4, -0.2) is 6.21 Å². The molecule has 31 heavy (non-hydrogen) atoms. The van der Waals surface area contributed by atoms with E-state index in [0.29, 0.717) is 39.4 Å². The monoisotopic (exact) mass is 428 g/mol. The van der Waals surface area contributed by atoms with Crippen LogP contribution in [0, 0.1) is 11.3 Å². The molecule has 0 unspecified atom stereocenters. The summed E-state index contributed by atoms with van der Waals surface area (Å²) in [6.07, 6.45) is 4.55. The average Bonchev–Trinajstić information content (AvgIpc) is 3.59. The number of furan rings is 4. The van der Waals surface area contributed by atoms with Gasteiger partial charge in [0, 0.05) is 10.6 Å². The fourth-order valence-corrected chi connectivity index (χ4v) is 3.29. The second-order valence-corrected chi connectivity index (χ2v) is 6.96. The number of hydrogen-bond acceptors (Lipinski definition) is 6. The van der Waals surface area contributed by atoms with Crippen molar-refractivity contribution in [1.82, 2.24) is 0 Å². The summed E-state index contributed by atoms with van der Waals surface area (Å²) >= 11 is 5.94. The molecule has 5 rings (SSSR count). The second-order valence-electron chi connectivity index (χ2n) is 6.52. The summed E-state index contributed by atoms with van der Waals surface area (Å²) in [6, 6.07) is 20.1. The molecule has 1 aromatic carbocycles. The maximum atomic E-state index is 9.79. The highest BCUT2D eigenvalue weighted by Crippen LogP contribution is 2.42. The van der Waals surface area contributed by atoms with Crippen LogP contribution in [0.15, 0.2) is 95.9 Å². The summed E-state index contributed by atoms with van der Waals surface area (Å²) in [5, 5.41) is 10.4. The van der Waals surface area contributed by atoms with Crippen LogP contribution in [0.1, 0.15) is 11.3 Å². The Kier molecular flexibility index (Phi) is 4.79. The number of halogens is 1. The zero-order valence-corrected chi connectivity index (χ0v) is 16.7. The Labute approximate surface area is 181 Å². The van der Waals surface area contributed by atoms with E-state index in [1.54, 1.807) is 42.5 Å². The van der Waals surface area contributed by atoms with Crippen molar-refractivity contribution < 1.29 is 17.7 Å². The van der Waals surface area contributed by atoms with Crippen LogP contribution >= 0.6 is 11.6 Å². The molecule has 0 aliphatic carbocycles. The lowest BCUT2D eigenvalue weighted by atomic mass is 10.1. The number of benzene rings is 1. The number of aliphatic imine (C=N–C) groups is 1. The molecule has 0 N–H and O–H groups in total. The molecular weight excluding hydrogens is 416 g/mol. The first kappa shape index (κ1) is 18.8.